The summed E-state index contributed by atoms with van der Waals surface area (Å²) in [6.07, 6.45) is 0. The largest absolute Gasteiger partial charge is 0.497 e. The Morgan fingerprint density at radius 2 is 1.44 bits per heavy atom. The van der Waals surface area contributed by atoms with Gasteiger partial charge in [-0.05, 0) is 12.1 Å². The molecule has 0 fully saturated rings. The number of benzene rings is 3. The van der Waals surface area contributed by atoms with E-state index < -0.39 is 7.14 Å². The topological polar surface area (TPSA) is 35.5 Å². The van der Waals surface area contributed by atoms with Crippen molar-refractivity contribution in [2.24, 2.45) is 0 Å². The summed E-state index contributed by atoms with van der Waals surface area (Å²) in [6.45, 7) is 3.91. The molecule has 3 aromatic rings. The van der Waals surface area contributed by atoms with E-state index in [1.807, 2.05) is 78.9 Å². The smallest absolute Gasteiger partial charge is 0.177 e. The second-order valence-electron chi connectivity index (χ2n) is 5.87. The molecule has 0 saturated carbocycles. The zero-order valence-corrected chi connectivity index (χ0v) is 16.1. The lowest BCUT2D eigenvalue weighted by Crippen LogP contribution is -2.19. The van der Waals surface area contributed by atoms with Crippen LogP contribution in [-0.4, -0.2) is 13.7 Å². The maximum atomic E-state index is 14.2. The van der Waals surface area contributed by atoms with Gasteiger partial charge in [-0.1, -0.05) is 73.3 Å². The number of hydrogen-bond donors (Lipinski definition) is 0. The van der Waals surface area contributed by atoms with Gasteiger partial charge in [0.15, 0.2) is 7.14 Å². The predicted molar refractivity (Wildman–Crippen MR) is 111 cm³/mol. The molecule has 0 amide bonds. The molecule has 3 rings (SSSR count). The third kappa shape index (κ3) is 4.06. The van der Waals surface area contributed by atoms with Crippen LogP contribution in [0.5, 0.6) is 11.5 Å². The van der Waals surface area contributed by atoms with E-state index in [0.717, 1.165) is 10.6 Å². The lowest BCUT2D eigenvalue weighted by atomic mass is 10.3. The minimum atomic E-state index is -3.10. The summed E-state index contributed by atoms with van der Waals surface area (Å²) in [7, 11) is -1.50. The zero-order chi connectivity index (χ0) is 19.1. The van der Waals surface area contributed by atoms with Crippen molar-refractivity contribution in [2.75, 3.05) is 13.7 Å². The molecule has 0 aromatic heterocycles. The van der Waals surface area contributed by atoms with Gasteiger partial charge in [0.25, 0.3) is 0 Å². The van der Waals surface area contributed by atoms with Gasteiger partial charge in [0.2, 0.25) is 0 Å². The van der Waals surface area contributed by atoms with Crippen molar-refractivity contribution in [2.45, 2.75) is 0 Å². The fourth-order valence-electron chi connectivity index (χ4n) is 2.83. The molecule has 0 saturated heterocycles. The van der Waals surface area contributed by atoms with Crippen molar-refractivity contribution in [1.29, 1.82) is 0 Å². The highest BCUT2D eigenvalue weighted by Crippen LogP contribution is 2.51. The van der Waals surface area contributed by atoms with Crippen LogP contribution >= 0.6 is 7.14 Å². The van der Waals surface area contributed by atoms with E-state index in [2.05, 4.69) is 12.3 Å². The highest BCUT2D eigenvalue weighted by Gasteiger charge is 2.32. The van der Waals surface area contributed by atoms with Crippen LogP contribution in [0.25, 0.3) is 0 Å². The Bertz CT molecular complexity index is 947. The Labute approximate surface area is 160 Å². The van der Waals surface area contributed by atoms with E-state index in [4.69, 9.17) is 9.47 Å². The first kappa shape index (κ1) is 18.8. The lowest BCUT2D eigenvalue weighted by Gasteiger charge is -2.21. The molecule has 0 aliphatic carbocycles. The number of hydrogen-bond acceptors (Lipinski definition) is 3. The Morgan fingerprint density at radius 3 is 1.96 bits per heavy atom. The van der Waals surface area contributed by atoms with Crippen molar-refractivity contribution in [3.05, 3.63) is 103 Å². The van der Waals surface area contributed by atoms with E-state index in [1.54, 1.807) is 13.2 Å². The Morgan fingerprint density at radius 1 is 0.889 bits per heavy atom. The molecule has 0 unspecified atom stereocenters. The van der Waals surface area contributed by atoms with Crippen LogP contribution in [0.15, 0.2) is 103 Å². The first-order valence-corrected chi connectivity index (χ1v) is 10.3. The first-order chi connectivity index (χ1) is 13.2. The SMILES string of the molecule is C=C=C(COc1cccc(OC)c1)P(=O)(c1ccccc1)c1ccccc1. The summed E-state index contributed by atoms with van der Waals surface area (Å²) in [5, 5.41) is 2.00. The summed E-state index contributed by atoms with van der Waals surface area (Å²) in [5.74, 6) is 1.33. The lowest BCUT2D eigenvalue weighted by molar-refractivity contribution is 0.353. The highest BCUT2D eigenvalue weighted by atomic mass is 31.2. The van der Waals surface area contributed by atoms with E-state index in [1.165, 1.54) is 0 Å². The average Bonchev–Trinajstić information content (AvgIpc) is 2.75. The van der Waals surface area contributed by atoms with E-state index in [9.17, 15) is 4.57 Å². The molecule has 27 heavy (non-hydrogen) atoms. The van der Waals surface area contributed by atoms with Gasteiger partial charge in [-0.3, -0.25) is 0 Å². The van der Waals surface area contributed by atoms with Crippen LogP contribution in [0.4, 0.5) is 0 Å². The van der Waals surface area contributed by atoms with Crippen molar-refractivity contribution in [3.8, 4) is 11.5 Å². The molecule has 0 heterocycles. The molecule has 0 aliphatic rings. The Balaban J connectivity index is 1.98. The summed E-state index contributed by atoms with van der Waals surface area (Å²) in [4.78, 5) is 0. The highest BCUT2D eigenvalue weighted by molar-refractivity contribution is 7.82. The quantitative estimate of drug-likeness (QED) is 0.441. The minimum Gasteiger partial charge on any atom is -0.497 e. The fourth-order valence-corrected chi connectivity index (χ4v) is 5.41. The minimum absolute atomic E-state index is 0.123. The van der Waals surface area contributed by atoms with Crippen molar-refractivity contribution >= 4 is 17.8 Å². The third-order valence-corrected chi connectivity index (χ3v) is 7.34. The molecule has 0 atom stereocenters. The van der Waals surface area contributed by atoms with Crippen LogP contribution in [0.3, 0.4) is 0 Å². The van der Waals surface area contributed by atoms with Crippen molar-refractivity contribution in [1.82, 2.24) is 0 Å². The Kier molecular flexibility index (Phi) is 5.98. The average molecular weight is 376 g/mol. The molecule has 0 bridgehead atoms. The monoisotopic (exact) mass is 376 g/mol. The molecule has 0 radical (unpaired) electrons. The van der Waals surface area contributed by atoms with Crippen molar-refractivity contribution in [3.63, 3.8) is 0 Å². The van der Waals surface area contributed by atoms with Gasteiger partial charge in [0, 0.05) is 16.7 Å². The summed E-state index contributed by atoms with van der Waals surface area (Å²) >= 11 is 0. The van der Waals surface area contributed by atoms with Gasteiger partial charge in [-0.25, -0.2) is 0 Å². The first-order valence-electron chi connectivity index (χ1n) is 8.56. The summed E-state index contributed by atoms with van der Waals surface area (Å²) < 4.78 is 25.4. The van der Waals surface area contributed by atoms with Gasteiger partial charge in [0.05, 0.1) is 12.4 Å². The fraction of sp³-hybridized carbons (Fsp3) is 0.0870. The summed E-state index contributed by atoms with van der Waals surface area (Å²) in [6, 6.07) is 26.1. The van der Waals surface area contributed by atoms with Crippen LogP contribution in [0, 0.1) is 0 Å². The number of methoxy groups -OCH3 is 1. The predicted octanol–water partition coefficient (Wildman–Crippen LogP) is 4.76. The Hall–Kier alpha value is -2.99. The molecule has 0 spiro atoms. The molecular weight excluding hydrogens is 355 g/mol. The number of ether oxygens (including phenoxy) is 2. The zero-order valence-electron chi connectivity index (χ0n) is 15.2. The van der Waals surface area contributed by atoms with Crippen LogP contribution < -0.4 is 20.1 Å². The van der Waals surface area contributed by atoms with Crippen LogP contribution in [0.2, 0.25) is 0 Å². The third-order valence-electron chi connectivity index (χ3n) is 4.24. The maximum Gasteiger partial charge on any atom is 0.177 e. The van der Waals surface area contributed by atoms with Crippen molar-refractivity contribution < 1.29 is 14.0 Å². The van der Waals surface area contributed by atoms with Crippen LogP contribution in [0.1, 0.15) is 0 Å². The molecule has 0 N–H and O–H groups in total. The normalized spacial score (nSPS) is 10.7. The van der Waals surface area contributed by atoms with E-state index in [0.29, 0.717) is 16.8 Å². The molecular formula is C23H21O3P. The van der Waals surface area contributed by atoms with E-state index in [-0.39, 0.29) is 6.61 Å². The van der Waals surface area contributed by atoms with Gasteiger partial charge < -0.3 is 14.0 Å². The molecule has 0 aliphatic heterocycles. The molecule has 4 heteroatoms. The molecule has 136 valence electrons. The van der Waals surface area contributed by atoms with Crippen LogP contribution in [-0.2, 0) is 4.57 Å². The second-order valence-corrected chi connectivity index (χ2v) is 8.66. The maximum absolute atomic E-state index is 14.2. The van der Waals surface area contributed by atoms with Gasteiger partial charge in [-0.15, -0.1) is 5.73 Å². The van der Waals surface area contributed by atoms with E-state index >= 15 is 0 Å². The number of rotatable bonds is 7. The standard InChI is InChI=1S/C23H21O3P/c1-3-21(18-26-20-12-10-11-19(17-20)25-2)27(24,22-13-6-4-7-14-22)23-15-8-5-9-16-23/h4-17H,1,18H2,2H3. The molecule has 3 nitrogen and oxygen atoms in total. The molecule has 3 aromatic carbocycles. The van der Waals surface area contributed by atoms with Gasteiger partial charge in [-0.2, -0.15) is 0 Å². The summed E-state index contributed by atoms with van der Waals surface area (Å²) in [5.41, 5.74) is 2.89. The van der Waals surface area contributed by atoms with Gasteiger partial charge in [0.1, 0.15) is 18.1 Å². The second kappa shape index (κ2) is 8.60. The van der Waals surface area contributed by atoms with Gasteiger partial charge >= 0.3 is 0 Å².